The molecular weight excluding hydrogens is 343 g/mol. The lowest BCUT2D eigenvalue weighted by atomic mass is 10.2. The molecule has 5 nitrogen and oxygen atoms in total. The average molecular weight is 354 g/mol. The first-order chi connectivity index (χ1) is 8.66. The Bertz CT molecular complexity index is 574. The highest BCUT2D eigenvalue weighted by Gasteiger charge is 2.10. The van der Waals surface area contributed by atoms with Crippen molar-refractivity contribution in [2.45, 2.75) is 6.92 Å². The number of halogens is 1. The summed E-state index contributed by atoms with van der Waals surface area (Å²) in [6, 6.07) is 7.85. The SMILES string of the molecule is Cc1ccc(C=NNC(=O)c2[nH]ncc2I)cc1. The van der Waals surface area contributed by atoms with E-state index in [2.05, 4.69) is 20.7 Å². The van der Waals surface area contributed by atoms with E-state index in [-0.39, 0.29) is 5.91 Å². The van der Waals surface area contributed by atoms with Gasteiger partial charge in [0.15, 0.2) is 0 Å². The molecule has 0 aliphatic carbocycles. The summed E-state index contributed by atoms with van der Waals surface area (Å²) in [4.78, 5) is 11.7. The van der Waals surface area contributed by atoms with Crippen molar-refractivity contribution in [3.05, 3.63) is 50.9 Å². The highest BCUT2D eigenvalue weighted by atomic mass is 127. The minimum absolute atomic E-state index is 0.305. The molecule has 0 spiro atoms. The van der Waals surface area contributed by atoms with Gasteiger partial charge in [0, 0.05) is 0 Å². The molecule has 0 atom stereocenters. The van der Waals surface area contributed by atoms with E-state index in [9.17, 15) is 4.79 Å². The van der Waals surface area contributed by atoms with Crippen molar-refractivity contribution in [1.29, 1.82) is 0 Å². The third-order valence-corrected chi connectivity index (χ3v) is 3.10. The van der Waals surface area contributed by atoms with Crippen LogP contribution >= 0.6 is 22.6 Å². The fraction of sp³-hybridized carbons (Fsp3) is 0.0833. The van der Waals surface area contributed by atoms with Crippen molar-refractivity contribution in [3.63, 3.8) is 0 Å². The Morgan fingerprint density at radius 2 is 2.17 bits per heavy atom. The van der Waals surface area contributed by atoms with Gasteiger partial charge < -0.3 is 0 Å². The number of nitrogens with zero attached hydrogens (tertiary/aromatic N) is 2. The average Bonchev–Trinajstić information content (AvgIpc) is 2.78. The van der Waals surface area contributed by atoms with E-state index in [1.54, 1.807) is 12.4 Å². The van der Waals surface area contributed by atoms with Crippen molar-refractivity contribution in [2.75, 3.05) is 0 Å². The fourth-order valence-electron chi connectivity index (χ4n) is 1.30. The molecule has 0 unspecified atom stereocenters. The van der Waals surface area contributed by atoms with Gasteiger partial charge in [-0.25, -0.2) is 5.43 Å². The van der Waals surface area contributed by atoms with Gasteiger partial charge >= 0.3 is 0 Å². The van der Waals surface area contributed by atoms with Crippen LogP contribution < -0.4 is 5.43 Å². The molecule has 18 heavy (non-hydrogen) atoms. The van der Waals surface area contributed by atoms with E-state index >= 15 is 0 Å². The van der Waals surface area contributed by atoms with E-state index in [0.717, 1.165) is 9.13 Å². The van der Waals surface area contributed by atoms with Gasteiger partial charge in [0.1, 0.15) is 5.69 Å². The molecule has 0 saturated carbocycles. The Labute approximate surface area is 118 Å². The molecule has 6 heteroatoms. The summed E-state index contributed by atoms with van der Waals surface area (Å²) in [6.07, 6.45) is 3.18. The largest absolute Gasteiger partial charge is 0.290 e. The van der Waals surface area contributed by atoms with Gasteiger partial charge in [-0.15, -0.1) is 0 Å². The second kappa shape index (κ2) is 5.76. The molecule has 0 bridgehead atoms. The first-order valence-electron chi connectivity index (χ1n) is 5.26. The zero-order valence-electron chi connectivity index (χ0n) is 9.64. The Kier molecular flexibility index (Phi) is 4.08. The van der Waals surface area contributed by atoms with Gasteiger partial charge in [-0.05, 0) is 35.1 Å². The Morgan fingerprint density at radius 3 is 2.78 bits per heavy atom. The van der Waals surface area contributed by atoms with Crippen LogP contribution in [0.25, 0.3) is 0 Å². The maximum absolute atomic E-state index is 11.7. The van der Waals surface area contributed by atoms with Gasteiger partial charge in [-0.1, -0.05) is 29.8 Å². The monoisotopic (exact) mass is 354 g/mol. The number of rotatable bonds is 3. The Morgan fingerprint density at radius 1 is 1.44 bits per heavy atom. The van der Waals surface area contributed by atoms with Gasteiger partial charge in [0.2, 0.25) is 0 Å². The predicted octanol–water partition coefficient (Wildman–Crippen LogP) is 2.09. The third-order valence-electron chi connectivity index (χ3n) is 2.28. The molecule has 1 amide bonds. The molecule has 2 aromatic rings. The molecule has 92 valence electrons. The van der Waals surface area contributed by atoms with Crippen LogP contribution in [0.2, 0.25) is 0 Å². The number of H-pyrrole nitrogens is 1. The zero-order valence-corrected chi connectivity index (χ0v) is 11.8. The van der Waals surface area contributed by atoms with E-state index in [1.165, 1.54) is 5.56 Å². The number of hydrazone groups is 1. The number of aromatic amines is 1. The normalized spacial score (nSPS) is 10.8. The smallest absolute Gasteiger partial charge is 0.272 e. The number of aryl methyl sites for hydroxylation is 1. The van der Waals surface area contributed by atoms with Crippen molar-refractivity contribution in [2.24, 2.45) is 5.10 Å². The minimum Gasteiger partial charge on any atom is -0.272 e. The molecule has 1 heterocycles. The maximum Gasteiger partial charge on any atom is 0.290 e. The lowest BCUT2D eigenvalue weighted by Crippen LogP contribution is -2.19. The molecule has 1 aromatic carbocycles. The van der Waals surface area contributed by atoms with Gasteiger partial charge in [0.25, 0.3) is 5.91 Å². The third kappa shape index (κ3) is 3.16. The summed E-state index contributed by atoms with van der Waals surface area (Å²) < 4.78 is 0.760. The molecule has 1 aromatic heterocycles. The van der Waals surface area contributed by atoms with Crippen LogP contribution in [0.3, 0.4) is 0 Å². The number of nitrogens with one attached hydrogen (secondary N) is 2. The van der Waals surface area contributed by atoms with Crippen molar-refractivity contribution in [1.82, 2.24) is 15.6 Å². The molecule has 2 rings (SSSR count). The summed E-state index contributed by atoms with van der Waals surface area (Å²) in [5.41, 5.74) is 4.97. The zero-order chi connectivity index (χ0) is 13.0. The minimum atomic E-state index is -0.305. The van der Waals surface area contributed by atoms with Crippen LogP contribution in [0.15, 0.2) is 35.6 Å². The summed E-state index contributed by atoms with van der Waals surface area (Å²) in [6.45, 7) is 2.02. The molecule has 0 fully saturated rings. The fourth-order valence-corrected chi connectivity index (χ4v) is 1.81. The predicted molar refractivity (Wildman–Crippen MR) is 77.5 cm³/mol. The van der Waals surface area contributed by atoms with Crippen LogP contribution in [0, 0.1) is 10.5 Å². The van der Waals surface area contributed by atoms with Crippen LogP contribution in [0.4, 0.5) is 0 Å². The van der Waals surface area contributed by atoms with Gasteiger partial charge in [-0.2, -0.15) is 10.2 Å². The van der Waals surface area contributed by atoms with E-state index in [0.29, 0.717) is 5.69 Å². The van der Waals surface area contributed by atoms with Gasteiger partial charge in [-0.3, -0.25) is 9.89 Å². The quantitative estimate of drug-likeness (QED) is 0.503. The Balaban J connectivity index is 1.98. The topological polar surface area (TPSA) is 70.1 Å². The first-order valence-corrected chi connectivity index (χ1v) is 6.33. The van der Waals surface area contributed by atoms with E-state index in [1.807, 2.05) is 53.8 Å². The maximum atomic E-state index is 11.7. The molecule has 0 radical (unpaired) electrons. The Hall–Kier alpha value is -1.70. The summed E-state index contributed by atoms with van der Waals surface area (Å²) in [5, 5.41) is 10.3. The first kappa shape index (κ1) is 12.7. The molecular formula is C12H11IN4O. The number of carbonyl (C=O) groups is 1. The highest BCUT2D eigenvalue weighted by molar-refractivity contribution is 14.1. The lowest BCUT2D eigenvalue weighted by molar-refractivity contribution is 0.0949. The van der Waals surface area contributed by atoms with Crippen molar-refractivity contribution < 1.29 is 4.79 Å². The van der Waals surface area contributed by atoms with Crippen molar-refractivity contribution >= 4 is 34.7 Å². The van der Waals surface area contributed by atoms with Crippen LogP contribution in [-0.4, -0.2) is 22.3 Å². The van der Waals surface area contributed by atoms with E-state index < -0.39 is 0 Å². The number of hydrogen-bond acceptors (Lipinski definition) is 3. The standard InChI is InChI=1S/C12H11IN4O/c1-8-2-4-9(5-3-8)6-14-17-12(18)11-10(13)7-15-16-11/h2-7H,1H3,(H,15,16)(H,17,18). The second-order valence-corrected chi connectivity index (χ2v) is 4.86. The second-order valence-electron chi connectivity index (χ2n) is 3.70. The van der Waals surface area contributed by atoms with Crippen molar-refractivity contribution in [3.8, 4) is 0 Å². The summed E-state index contributed by atoms with van der Waals surface area (Å²) in [5.74, 6) is -0.305. The highest BCUT2D eigenvalue weighted by Crippen LogP contribution is 2.07. The molecule has 0 aliphatic rings. The van der Waals surface area contributed by atoms with Gasteiger partial charge in [0.05, 0.1) is 16.0 Å². The summed E-state index contributed by atoms with van der Waals surface area (Å²) >= 11 is 2.03. The molecule has 2 N–H and O–H groups in total. The number of amides is 1. The number of aromatic nitrogens is 2. The number of hydrogen-bond donors (Lipinski definition) is 2. The molecule has 0 saturated heterocycles. The summed E-state index contributed by atoms with van der Waals surface area (Å²) in [7, 11) is 0. The van der Waals surface area contributed by atoms with Crippen LogP contribution in [0.1, 0.15) is 21.6 Å². The van der Waals surface area contributed by atoms with E-state index in [4.69, 9.17) is 0 Å². The number of carbonyl (C=O) groups excluding carboxylic acids is 1. The van der Waals surface area contributed by atoms with Crippen LogP contribution in [0.5, 0.6) is 0 Å². The molecule has 0 aliphatic heterocycles. The number of benzene rings is 1. The lowest BCUT2D eigenvalue weighted by Gasteiger charge is -1.97. The van der Waals surface area contributed by atoms with Crippen LogP contribution in [-0.2, 0) is 0 Å².